The Labute approximate surface area is 366 Å². The number of piperidine rings is 2. The number of fused-ring (bicyclic) bond motifs is 4. The number of rotatable bonds is 9. The topological polar surface area (TPSA) is 128 Å². The maximum Gasteiger partial charge on any atom is 0.416 e. The number of aryl methyl sites for hydroxylation is 1. The highest BCUT2D eigenvalue weighted by Crippen LogP contribution is 2.37. The molecule has 2 saturated heterocycles. The van der Waals surface area contributed by atoms with Gasteiger partial charge >= 0.3 is 6.18 Å². The lowest BCUT2D eigenvalue weighted by Crippen LogP contribution is -2.52. The number of pyridine rings is 2. The first-order valence-electron chi connectivity index (χ1n) is 21.4. The van der Waals surface area contributed by atoms with E-state index < -0.39 is 23.7 Å². The van der Waals surface area contributed by atoms with Crippen LogP contribution < -0.4 is 19.7 Å². The van der Waals surface area contributed by atoms with Crippen LogP contribution >= 0.6 is 0 Å². The molecule has 326 valence electrons. The van der Waals surface area contributed by atoms with Gasteiger partial charge in [-0.2, -0.15) is 13.2 Å². The lowest BCUT2D eigenvalue weighted by Gasteiger charge is -2.40. The zero-order valence-corrected chi connectivity index (χ0v) is 34.9. The second-order valence-electron chi connectivity index (χ2n) is 16.8. The molecular weight excluding hydrogens is 826 g/mol. The SMILES string of the molecule is Cn1c2ccncc2c2ccc(-c3ccc(O[C@H]4C[C@H](OC5CCN(c6cc(C#CCOc7ccc8c(c7)CN(C7CCC(=O)NC7=O)C8=O)cc(C(F)(F)F)c6)CC5)C4)nc3)cc21. The molecule has 64 heavy (non-hydrogen) atoms. The van der Waals surface area contributed by atoms with Gasteiger partial charge in [0.1, 0.15) is 24.5 Å². The third-order valence-corrected chi connectivity index (χ3v) is 12.7. The van der Waals surface area contributed by atoms with Crippen molar-refractivity contribution < 1.29 is 41.8 Å². The first-order valence-corrected chi connectivity index (χ1v) is 21.4. The quantitative estimate of drug-likeness (QED) is 0.116. The molecule has 0 spiro atoms. The van der Waals surface area contributed by atoms with Gasteiger partial charge in [0, 0.05) is 109 Å². The van der Waals surface area contributed by atoms with E-state index in [0.717, 1.165) is 51.8 Å². The van der Waals surface area contributed by atoms with Crippen LogP contribution in [0, 0.1) is 11.8 Å². The molecule has 4 aliphatic rings. The number of hydrogen-bond donors (Lipinski definition) is 1. The number of amides is 3. The van der Waals surface area contributed by atoms with Crippen molar-refractivity contribution in [2.24, 2.45) is 7.05 Å². The Morgan fingerprint density at radius 3 is 2.45 bits per heavy atom. The molecule has 1 atom stereocenters. The molecule has 3 aliphatic heterocycles. The number of halogens is 3. The van der Waals surface area contributed by atoms with Gasteiger partial charge in [0.2, 0.25) is 17.7 Å². The van der Waals surface area contributed by atoms with Crippen LogP contribution in [0.25, 0.3) is 32.9 Å². The molecule has 10 rings (SSSR count). The standard InChI is InChI=1S/C49H43F3N6O6/c1-56-42-12-15-53-27-41(42)40-7-4-30(22-44(40)56)31-5-11-46(54-26-31)64-38-24-37(25-38)63-35-13-16-57(17-14-35)34-20-29(19-33(23-34)49(50,51)52)3-2-18-62-36-6-8-39-32(21-36)28-58(48(39)61)43-9-10-45(59)55-47(43)60/h4-8,11-12,15,19-23,26-27,35,37-38,43H,9-10,13-14,16-18,24-25,28H2,1H3,(H,55,59,60)/t37-,38-,43?. The maximum absolute atomic E-state index is 14.1. The smallest absolute Gasteiger partial charge is 0.416 e. The molecule has 6 heterocycles. The zero-order chi connectivity index (χ0) is 44.1. The van der Waals surface area contributed by atoms with E-state index in [2.05, 4.69) is 56.9 Å². The Balaban J connectivity index is 0.700. The summed E-state index contributed by atoms with van der Waals surface area (Å²) in [5.74, 6) is 5.51. The van der Waals surface area contributed by atoms with Crippen LogP contribution in [-0.4, -0.2) is 81.2 Å². The molecule has 3 aromatic heterocycles. The van der Waals surface area contributed by atoms with Crippen molar-refractivity contribution in [3.8, 4) is 34.6 Å². The Kier molecular flexibility index (Phi) is 10.7. The largest absolute Gasteiger partial charge is 0.481 e. The van der Waals surface area contributed by atoms with Gasteiger partial charge in [-0.25, -0.2) is 4.98 Å². The lowest BCUT2D eigenvalue weighted by atomic mass is 9.91. The van der Waals surface area contributed by atoms with E-state index in [1.807, 2.05) is 35.5 Å². The van der Waals surface area contributed by atoms with Crippen molar-refractivity contribution in [1.82, 2.24) is 24.8 Å². The molecule has 3 aromatic carbocycles. The van der Waals surface area contributed by atoms with Crippen molar-refractivity contribution in [3.05, 3.63) is 114 Å². The van der Waals surface area contributed by atoms with Gasteiger partial charge in [0.15, 0.2) is 0 Å². The predicted octanol–water partition coefficient (Wildman–Crippen LogP) is 7.59. The van der Waals surface area contributed by atoms with E-state index in [0.29, 0.717) is 54.4 Å². The van der Waals surface area contributed by atoms with Crippen molar-refractivity contribution in [3.63, 3.8) is 0 Å². The predicted molar refractivity (Wildman–Crippen MR) is 232 cm³/mol. The van der Waals surface area contributed by atoms with Gasteiger partial charge < -0.3 is 28.6 Å². The van der Waals surface area contributed by atoms with Crippen LogP contribution in [0.1, 0.15) is 65.6 Å². The third-order valence-electron chi connectivity index (χ3n) is 12.7. The lowest BCUT2D eigenvalue weighted by molar-refractivity contribution is -0.138. The highest BCUT2D eigenvalue weighted by molar-refractivity contribution is 6.08. The van der Waals surface area contributed by atoms with Crippen molar-refractivity contribution >= 4 is 45.2 Å². The normalized spacial score (nSPS) is 20.2. The average molecular weight is 869 g/mol. The molecular formula is C49H43F3N6O6. The molecule has 1 aliphatic carbocycles. The first-order chi connectivity index (χ1) is 30.9. The number of anilines is 1. The number of nitrogens with one attached hydrogen (secondary N) is 1. The summed E-state index contributed by atoms with van der Waals surface area (Å²) < 4.78 is 62.7. The summed E-state index contributed by atoms with van der Waals surface area (Å²) in [5, 5.41) is 4.57. The summed E-state index contributed by atoms with van der Waals surface area (Å²) in [5.41, 5.74) is 5.32. The van der Waals surface area contributed by atoms with Crippen LogP contribution in [0.5, 0.6) is 11.6 Å². The Morgan fingerprint density at radius 1 is 0.844 bits per heavy atom. The molecule has 1 N–H and O–H groups in total. The molecule has 0 radical (unpaired) electrons. The summed E-state index contributed by atoms with van der Waals surface area (Å²) in [6.07, 6.45) is 4.27. The van der Waals surface area contributed by atoms with Gasteiger partial charge in [-0.1, -0.05) is 24.0 Å². The Morgan fingerprint density at radius 2 is 1.67 bits per heavy atom. The number of carbonyl (C=O) groups is 3. The molecule has 1 unspecified atom stereocenters. The number of benzene rings is 3. The Bertz CT molecular complexity index is 2870. The minimum absolute atomic E-state index is 0.00358. The second kappa shape index (κ2) is 16.7. The number of hydrogen-bond acceptors (Lipinski definition) is 9. The fourth-order valence-corrected chi connectivity index (χ4v) is 9.20. The van der Waals surface area contributed by atoms with Crippen LogP contribution in [0.3, 0.4) is 0 Å². The maximum atomic E-state index is 14.1. The molecule has 3 amide bonds. The minimum atomic E-state index is -4.56. The van der Waals surface area contributed by atoms with Crippen LogP contribution in [0.15, 0.2) is 91.4 Å². The number of aromatic nitrogens is 3. The molecule has 3 fully saturated rings. The summed E-state index contributed by atoms with van der Waals surface area (Å²) in [6, 6.07) is 20.4. The van der Waals surface area contributed by atoms with E-state index in [9.17, 15) is 27.6 Å². The molecule has 1 saturated carbocycles. The molecule has 15 heteroatoms. The number of ether oxygens (including phenoxy) is 3. The number of alkyl halides is 3. The summed E-state index contributed by atoms with van der Waals surface area (Å²) in [6.45, 7) is 1.17. The van der Waals surface area contributed by atoms with Crippen molar-refractivity contribution in [2.75, 3.05) is 24.6 Å². The molecule has 6 aromatic rings. The molecule has 0 bridgehead atoms. The third kappa shape index (κ3) is 8.21. The van der Waals surface area contributed by atoms with E-state index in [1.165, 1.54) is 11.0 Å². The second-order valence-corrected chi connectivity index (χ2v) is 16.8. The highest BCUT2D eigenvalue weighted by Gasteiger charge is 2.39. The van der Waals surface area contributed by atoms with Crippen LogP contribution in [0.4, 0.5) is 18.9 Å². The van der Waals surface area contributed by atoms with E-state index in [4.69, 9.17) is 14.2 Å². The van der Waals surface area contributed by atoms with Gasteiger partial charge in [-0.05, 0) is 85.0 Å². The van der Waals surface area contributed by atoms with Gasteiger partial charge in [-0.3, -0.25) is 24.7 Å². The fourth-order valence-electron chi connectivity index (χ4n) is 9.20. The minimum Gasteiger partial charge on any atom is -0.481 e. The zero-order valence-electron chi connectivity index (χ0n) is 34.9. The highest BCUT2D eigenvalue weighted by atomic mass is 19.4. The van der Waals surface area contributed by atoms with Crippen LogP contribution in [0.2, 0.25) is 0 Å². The monoisotopic (exact) mass is 868 g/mol. The summed E-state index contributed by atoms with van der Waals surface area (Å²) in [7, 11) is 2.06. The summed E-state index contributed by atoms with van der Waals surface area (Å²) >= 11 is 0. The Hall–Kier alpha value is -6.92. The van der Waals surface area contributed by atoms with E-state index in [1.54, 1.807) is 30.5 Å². The van der Waals surface area contributed by atoms with E-state index in [-0.39, 0.29) is 61.7 Å². The first kappa shape index (κ1) is 41.1. The van der Waals surface area contributed by atoms with Crippen molar-refractivity contribution in [1.29, 1.82) is 0 Å². The van der Waals surface area contributed by atoms with Crippen molar-refractivity contribution in [2.45, 2.75) is 75.6 Å². The van der Waals surface area contributed by atoms with Crippen LogP contribution in [-0.2, 0) is 34.1 Å². The van der Waals surface area contributed by atoms with E-state index >= 15 is 0 Å². The molecule has 12 nitrogen and oxygen atoms in total. The number of imide groups is 1. The van der Waals surface area contributed by atoms with Gasteiger partial charge in [-0.15, -0.1) is 0 Å². The summed E-state index contributed by atoms with van der Waals surface area (Å²) in [4.78, 5) is 49.2. The number of nitrogens with zero attached hydrogens (tertiary/aromatic N) is 5. The van der Waals surface area contributed by atoms with Gasteiger partial charge in [0.05, 0.1) is 23.3 Å². The average Bonchev–Trinajstić information content (AvgIpc) is 3.76. The van der Waals surface area contributed by atoms with Gasteiger partial charge in [0.25, 0.3) is 5.91 Å². The fraction of sp³-hybridized carbons (Fsp3) is 0.327. The number of carbonyl (C=O) groups excluding carboxylic acids is 3.